The number of hydrogen-bond acceptors (Lipinski definition) is 3. The van der Waals surface area contributed by atoms with E-state index < -0.39 is 0 Å². The van der Waals surface area contributed by atoms with Gasteiger partial charge in [0.05, 0.1) is 12.1 Å². The zero-order valence-electron chi connectivity index (χ0n) is 11.2. The first-order chi connectivity index (χ1) is 8.04. The van der Waals surface area contributed by atoms with Crippen molar-refractivity contribution in [3.05, 3.63) is 0 Å². The summed E-state index contributed by atoms with van der Waals surface area (Å²) in [6, 6.07) is -0.0168. The summed E-state index contributed by atoms with van der Waals surface area (Å²) in [5, 5.41) is 3.14. The molecule has 2 saturated heterocycles. The Bertz CT molecular complexity index is 287. The Labute approximate surface area is 104 Å². The van der Waals surface area contributed by atoms with Crippen molar-refractivity contribution < 1.29 is 9.53 Å². The molecule has 0 spiro atoms. The molecular formula is C13H24N2O2. The lowest BCUT2D eigenvalue weighted by Gasteiger charge is -2.42. The van der Waals surface area contributed by atoms with E-state index in [2.05, 4.69) is 19.2 Å². The molecule has 0 radical (unpaired) electrons. The van der Waals surface area contributed by atoms with Crippen LogP contribution in [0.1, 0.15) is 39.5 Å². The fraction of sp³-hybridized carbons (Fsp3) is 0.923. The van der Waals surface area contributed by atoms with Gasteiger partial charge in [-0.25, -0.2) is 0 Å². The standard InChI is InChI=1S/C13H24N2O2/c1-13(2)7-4-5-11(14-3)12(16)15(13)9-10-6-8-17-10/h10-11,14H,4-9H2,1-3H3. The van der Waals surface area contributed by atoms with Gasteiger partial charge in [-0.2, -0.15) is 0 Å². The first-order valence-electron chi connectivity index (χ1n) is 6.65. The minimum atomic E-state index is -0.0400. The SMILES string of the molecule is CNC1CCCC(C)(C)N(CC2CCO2)C1=O. The summed E-state index contributed by atoms with van der Waals surface area (Å²) in [5.74, 6) is 0.241. The predicted molar refractivity (Wildman–Crippen MR) is 66.8 cm³/mol. The van der Waals surface area contributed by atoms with Crippen molar-refractivity contribution in [2.45, 2.75) is 57.2 Å². The second kappa shape index (κ2) is 4.94. The van der Waals surface area contributed by atoms with E-state index in [1.807, 2.05) is 11.9 Å². The van der Waals surface area contributed by atoms with Gasteiger partial charge in [0.15, 0.2) is 0 Å². The average Bonchev–Trinajstić information content (AvgIpc) is 2.30. The number of likely N-dealkylation sites (N-methyl/N-ethyl adjacent to an activating group) is 1. The third-order valence-corrected chi connectivity index (χ3v) is 4.10. The molecule has 4 nitrogen and oxygen atoms in total. The van der Waals surface area contributed by atoms with Gasteiger partial charge in [0.1, 0.15) is 0 Å². The summed E-state index contributed by atoms with van der Waals surface area (Å²) >= 11 is 0. The van der Waals surface area contributed by atoms with Gasteiger partial charge < -0.3 is 15.0 Å². The van der Waals surface area contributed by atoms with Crippen molar-refractivity contribution in [1.82, 2.24) is 10.2 Å². The van der Waals surface area contributed by atoms with Crippen LogP contribution >= 0.6 is 0 Å². The molecule has 4 heteroatoms. The fourth-order valence-corrected chi connectivity index (χ4v) is 2.72. The first kappa shape index (κ1) is 12.8. The van der Waals surface area contributed by atoms with Crippen LogP contribution in [0.5, 0.6) is 0 Å². The van der Waals surface area contributed by atoms with Crippen molar-refractivity contribution in [2.75, 3.05) is 20.2 Å². The first-order valence-corrected chi connectivity index (χ1v) is 6.65. The topological polar surface area (TPSA) is 41.6 Å². The van der Waals surface area contributed by atoms with Crippen LogP contribution in [0.2, 0.25) is 0 Å². The lowest BCUT2D eigenvalue weighted by atomic mass is 9.96. The maximum atomic E-state index is 12.5. The number of hydrogen-bond donors (Lipinski definition) is 1. The van der Waals surface area contributed by atoms with E-state index in [1.54, 1.807) is 0 Å². The van der Waals surface area contributed by atoms with E-state index in [0.29, 0.717) is 0 Å². The summed E-state index contributed by atoms with van der Waals surface area (Å²) in [7, 11) is 1.87. The lowest BCUT2D eigenvalue weighted by Crippen LogP contribution is -2.56. The van der Waals surface area contributed by atoms with Gasteiger partial charge in [-0.3, -0.25) is 4.79 Å². The van der Waals surface area contributed by atoms with Gasteiger partial charge in [-0.05, 0) is 46.6 Å². The summed E-state index contributed by atoms with van der Waals surface area (Å²) in [4.78, 5) is 14.5. The van der Waals surface area contributed by atoms with Crippen LogP contribution in [0.25, 0.3) is 0 Å². The molecule has 17 heavy (non-hydrogen) atoms. The van der Waals surface area contributed by atoms with Crippen molar-refractivity contribution in [3.63, 3.8) is 0 Å². The Morgan fingerprint density at radius 1 is 1.47 bits per heavy atom. The molecule has 0 aromatic heterocycles. The van der Waals surface area contributed by atoms with E-state index in [9.17, 15) is 4.79 Å². The zero-order valence-corrected chi connectivity index (χ0v) is 11.2. The van der Waals surface area contributed by atoms with Crippen molar-refractivity contribution >= 4 is 5.91 Å². The molecule has 1 amide bonds. The van der Waals surface area contributed by atoms with Crippen LogP contribution in [-0.2, 0) is 9.53 Å². The van der Waals surface area contributed by atoms with Crippen LogP contribution < -0.4 is 5.32 Å². The second-order valence-corrected chi connectivity index (χ2v) is 5.78. The second-order valence-electron chi connectivity index (χ2n) is 5.78. The highest BCUT2D eigenvalue weighted by Crippen LogP contribution is 2.29. The molecule has 2 atom stereocenters. The molecule has 98 valence electrons. The van der Waals surface area contributed by atoms with Crippen molar-refractivity contribution in [1.29, 1.82) is 0 Å². The Hall–Kier alpha value is -0.610. The normalized spacial score (nSPS) is 33.1. The Balaban J connectivity index is 2.11. The molecular weight excluding hydrogens is 216 g/mol. The summed E-state index contributed by atoms with van der Waals surface area (Å²) in [5.41, 5.74) is -0.0400. The summed E-state index contributed by atoms with van der Waals surface area (Å²) in [6.07, 6.45) is 4.47. The molecule has 2 aliphatic heterocycles. The molecule has 2 aliphatic rings. The molecule has 2 unspecified atom stereocenters. The third kappa shape index (κ3) is 2.63. The molecule has 0 aliphatic carbocycles. The van der Waals surface area contributed by atoms with E-state index in [1.165, 1.54) is 0 Å². The number of nitrogens with zero attached hydrogens (tertiary/aromatic N) is 1. The highest BCUT2D eigenvalue weighted by molar-refractivity contribution is 5.83. The van der Waals surface area contributed by atoms with Crippen molar-refractivity contribution in [2.24, 2.45) is 0 Å². The molecule has 2 heterocycles. The lowest BCUT2D eigenvalue weighted by molar-refractivity contribution is -0.145. The average molecular weight is 240 g/mol. The fourth-order valence-electron chi connectivity index (χ4n) is 2.72. The van der Waals surface area contributed by atoms with Gasteiger partial charge in [-0.15, -0.1) is 0 Å². The van der Waals surface area contributed by atoms with Crippen LogP contribution in [-0.4, -0.2) is 48.7 Å². The van der Waals surface area contributed by atoms with E-state index in [-0.39, 0.29) is 23.6 Å². The Kier molecular flexibility index (Phi) is 3.73. The van der Waals surface area contributed by atoms with E-state index >= 15 is 0 Å². The van der Waals surface area contributed by atoms with Crippen LogP contribution in [0.3, 0.4) is 0 Å². The van der Waals surface area contributed by atoms with Gasteiger partial charge in [-0.1, -0.05) is 0 Å². The van der Waals surface area contributed by atoms with Crippen LogP contribution in [0, 0.1) is 0 Å². The Morgan fingerprint density at radius 2 is 2.18 bits per heavy atom. The van der Waals surface area contributed by atoms with E-state index in [0.717, 1.165) is 38.8 Å². The van der Waals surface area contributed by atoms with Gasteiger partial charge >= 0.3 is 0 Å². The number of ether oxygens (including phenoxy) is 1. The summed E-state index contributed by atoms with van der Waals surface area (Å²) < 4.78 is 5.47. The number of carbonyl (C=O) groups is 1. The largest absolute Gasteiger partial charge is 0.376 e. The molecule has 0 aromatic carbocycles. The van der Waals surface area contributed by atoms with Gasteiger partial charge in [0, 0.05) is 18.7 Å². The number of carbonyl (C=O) groups excluding carboxylic acids is 1. The third-order valence-electron chi connectivity index (χ3n) is 4.10. The minimum absolute atomic E-state index is 0.0168. The number of nitrogens with one attached hydrogen (secondary N) is 1. The zero-order chi connectivity index (χ0) is 12.5. The van der Waals surface area contributed by atoms with E-state index in [4.69, 9.17) is 4.74 Å². The van der Waals surface area contributed by atoms with Gasteiger partial charge in [0.25, 0.3) is 0 Å². The summed E-state index contributed by atoms with van der Waals surface area (Å²) in [6.45, 7) is 5.94. The van der Waals surface area contributed by atoms with Crippen molar-refractivity contribution in [3.8, 4) is 0 Å². The maximum absolute atomic E-state index is 12.5. The maximum Gasteiger partial charge on any atom is 0.240 e. The molecule has 2 rings (SSSR count). The monoisotopic (exact) mass is 240 g/mol. The smallest absolute Gasteiger partial charge is 0.240 e. The predicted octanol–water partition coefficient (Wildman–Crippen LogP) is 1.15. The molecule has 2 fully saturated rings. The highest BCUT2D eigenvalue weighted by atomic mass is 16.5. The number of likely N-dealkylation sites (tertiary alicyclic amines) is 1. The van der Waals surface area contributed by atoms with Crippen LogP contribution in [0.4, 0.5) is 0 Å². The van der Waals surface area contributed by atoms with Gasteiger partial charge in [0.2, 0.25) is 5.91 Å². The molecule has 0 aromatic rings. The molecule has 0 bridgehead atoms. The molecule has 0 saturated carbocycles. The molecule has 1 N–H and O–H groups in total. The minimum Gasteiger partial charge on any atom is -0.376 e. The van der Waals surface area contributed by atoms with Crippen LogP contribution in [0.15, 0.2) is 0 Å². The highest BCUT2D eigenvalue weighted by Gasteiger charge is 2.39. The number of rotatable bonds is 3. The number of amides is 1. The quantitative estimate of drug-likeness (QED) is 0.804. The Morgan fingerprint density at radius 3 is 2.71 bits per heavy atom.